The van der Waals surface area contributed by atoms with Crippen molar-refractivity contribution in [2.45, 2.75) is 13.5 Å². The van der Waals surface area contributed by atoms with Gasteiger partial charge in [0, 0.05) is 10.7 Å². The number of amides is 2. The van der Waals surface area contributed by atoms with Crippen LogP contribution < -0.4 is 14.8 Å². The molecule has 0 radical (unpaired) electrons. The lowest BCUT2D eigenvalue weighted by Gasteiger charge is -2.16. The number of halogens is 1. The molecule has 0 aromatic heterocycles. The number of carbonyl (C=O) groups is 2. The molecule has 3 aromatic carbocycles. The lowest BCUT2D eigenvalue weighted by molar-refractivity contribution is -0.137. The van der Waals surface area contributed by atoms with Gasteiger partial charge in [-0.15, -0.1) is 0 Å². The molecule has 1 aliphatic heterocycles. The zero-order valence-electron chi connectivity index (χ0n) is 18.5. The van der Waals surface area contributed by atoms with Gasteiger partial charge in [0.1, 0.15) is 17.2 Å². The average Bonchev–Trinajstić information content (AvgIpc) is 3.06. The molecule has 4 rings (SSSR count). The molecule has 0 saturated heterocycles. The lowest BCUT2D eigenvalue weighted by Crippen LogP contribution is -2.32. The van der Waals surface area contributed by atoms with Crippen molar-refractivity contribution in [2.24, 2.45) is 0 Å². The highest BCUT2D eigenvalue weighted by Gasteiger charge is 2.39. The van der Waals surface area contributed by atoms with Crippen LogP contribution >= 0.6 is 11.6 Å². The summed E-state index contributed by atoms with van der Waals surface area (Å²) >= 11 is 6.27. The van der Waals surface area contributed by atoms with Crippen molar-refractivity contribution in [2.75, 3.05) is 19.5 Å². The van der Waals surface area contributed by atoms with Crippen molar-refractivity contribution < 1.29 is 19.1 Å². The second kappa shape index (κ2) is 9.38. The first-order valence-electron chi connectivity index (χ1n) is 10.3. The molecule has 33 heavy (non-hydrogen) atoms. The van der Waals surface area contributed by atoms with E-state index in [1.54, 1.807) is 56.7 Å². The number of anilines is 1. The predicted octanol–water partition coefficient (Wildman–Crippen LogP) is 5.06. The Morgan fingerprint density at radius 2 is 1.45 bits per heavy atom. The summed E-state index contributed by atoms with van der Waals surface area (Å²) < 4.78 is 10.4. The van der Waals surface area contributed by atoms with Gasteiger partial charge in [0.25, 0.3) is 11.8 Å². The van der Waals surface area contributed by atoms with E-state index < -0.39 is 5.91 Å². The Hall–Kier alpha value is -3.77. The van der Waals surface area contributed by atoms with E-state index in [1.807, 2.05) is 31.2 Å². The normalized spacial score (nSPS) is 13.5. The smallest absolute Gasteiger partial charge is 0.278 e. The number of aryl methyl sites for hydroxylation is 1. The number of imide groups is 1. The first-order valence-corrected chi connectivity index (χ1v) is 10.7. The molecule has 0 unspecified atom stereocenters. The maximum atomic E-state index is 13.4. The number of methoxy groups -OCH3 is 2. The van der Waals surface area contributed by atoms with Crippen LogP contribution in [0.3, 0.4) is 0 Å². The third-order valence-electron chi connectivity index (χ3n) is 5.49. The van der Waals surface area contributed by atoms with Crippen molar-refractivity contribution in [3.63, 3.8) is 0 Å². The van der Waals surface area contributed by atoms with Gasteiger partial charge >= 0.3 is 0 Å². The summed E-state index contributed by atoms with van der Waals surface area (Å²) in [5.41, 5.74) is 3.48. The minimum atomic E-state index is -0.404. The Labute approximate surface area is 197 Å². The van der Waals surface area contributed by atoms with Crippen LogP contribution in [0.1, 0.15) is 16.7 Å². The summed E-state index contributed by atoms with van der Waals surface area (Å²) in [5.74, 6) is 0.583. The Morgan fingerprint density at radius 3 is 2.03 bits per heavy atom. The second-order valence-corrected chi connectivity index (χ2v) is 8.02. The third-order valence-corrected chi connectivity index (χ3v) is 5.89. The number of hydrogen-bond acceptors (Lipinski definition) is 5. The van der Waals surface area contributed by atoms with Crippen molar-refractivity contribution in [3.8, 4) is 11.5 Å². The fourth-order valence-corrected chi connectivity index (χ4v) is 3.77. The maximum Gasteiger partial charge on any atom is 0.278 e. The maximum absolute atomic E-state index is 13.4. The standard InChI is InChI=1S/C26H23ClN2O4/c1-16-4-9-19(14-22(16)27)28-24-23(18-7-12-21(33-3)13-8-18)25(30)29(26(24)31)15-17-5-10-20(32-2)11-6-17/h4-14,28H,15H2,1-3H3. The number of benzene rings is 3. The van der Waals surface area contributed by atoms with Gasteiger partial charge in [-0.2, -0.15) is 0 Å². The van der Waals surface area contributed by atoms with Crippen LogP contribution in [0.4, 0.5) is 5.69 Å². The SMILES string of the molecule is COc1ccc(CN2C(=O)C(Nc3ccc(C)c(Cl)c3)=C(c3ccc(OC)cc3)C2=O)cc1. The Bertz CT molecular complexity index is 1230. The number of nitrogens with zero attached hydrogens (tertiary/aromatic N) is 1. The van der Waals surface area contributed by atoms with E-state index in [1.165, 1.54) is 4.90 Å². The van der Waals surface area contributed by atoms with Crippen LogP contribution in [0.15, 0.2) is 72.4 Å². The summed E-state index contributed by atoms with van der Waals surface area (Å²) in [4.78, 5) is 28.1. The molecule has 168 valence electrons. The highest BCUT2D eigenvalue weighted by atomic mass is 35.5. The van der Waals surface area contributed by atoms with E-state index in [4.69, 9.17) is 21.1 Å². The van der Waals surface area contributed by atoms with Gasteiger partial charge in [0.05, 0.1) is 26.3 Å². The number of carbonyl (C=O) groups excluding carboxylic acids is 2. The number of nitrogens with one attached hydrogen (secondary N) is 1. The van der Waals surface area contributed by atoms with Crippen LogP contribution in [0, 0.1) is 6.92 Å². The van der Waals surface area contributed by atoms with Gasteiger partial charge in [-0.25, -0.2) is 0 Å². The molecule has 1 heterocycles. The van der Waals surface area contributed by atoms with Crippen molar-refractivity contribution in [1.29, 1.82) is 0 Å². The van der Waals surface area contributed by atoms with Crippen LogP contribution in [-0.2, 0) is 16.1 Å². The van der Waals surface area contributed by atoms with E-state index in [0.29, 0.717) is 33.3 Å². The molecule has 0 spiro atoms. The molecule has 0 aliphatic carbocycles. The molecule has 2 amide bonds. The average molecular weight is 463 g/mol. The Kier molecular flexibility index (Phi) is 6.38. The van der Waals surface area contributed by atoms with Gasteiger partial charge in [0.2, 0.25) is 0 Å². The summed E-state index contributed by atoms with van der Waals surface area (Å²) in [7, 11) is 3.16. The Balaban J connectivity index is 1.71. The number of ether oxygens (including phenoxy) is 2. The quantitative estimate of drug-likeness (QED) is 0.497. The van der Waals surface area contributed by atoms with Gasteiger partial charge in [-0.3, -0.25) is 14.5 Å². The fraction of sp³-hybridized carbons (Fsp3) is 0.154. The molecule has 3 aromatic rings. The van der Waals surface area contributed by atoms with E-state index in [0.717, 1.165) is 11.1 Å². The third kappa shape index (κ3) is 4.56. The predicted molar refractivity (Wildman–Crippen MR) is 128 cm³/mol. The van der Waals surface area contributed by atoms with Crippen LogP contribution in [-0.4, -0.2) is 30.9 Å². The molecular weight excluding hydrogens is 440 g/mol. The van der Waals surface area contributed by atoms with E-state index in [9.17, 15) is 9.59 Å². The Morgan fingerprint density at radius 1 is 0.848 bits per heavy atom. The van der Waals surface area contributed by atoms with Gasteiger partial charge < -0.3 is 14.8 Å². The number of rotatable bonds is 7. The van der Waals surface area contributed by atoms with Crippen molar-refractivity contribution >= 4 is 34.7 Å². The van der Waals surface area contributed by atoms with Crippen molar-refractivity contribution in [1.82, 2.24) is 4.90 Å². The first-order chi connectivity index (χ1) is 15.9. The van der Waals surface area contributed by atoms with E-state index >= 15 is 0 Å². The summed E-state index contributed by atoms with van der Waals surface area (Å²) in [6.07, 6.45) is 0. The van der Waals surface area contributed by atoms with E-state index in [2.05, 4.69) is 5.32 Å². The molecule has 6 nitrogen and oxygen atoms in total. The number of hydrogen-bond donors (Lipinski definition) is 1. The summed E-state index contributed by atoms with van der Waals surface area (Å²) in [5, 5.41) is 3.70. The zero-order valence-corrected chi connectivity index (χ0v) is 19.3. The molecule has 0 bridgehead atoms. The van der Waals surface area contributed by atoms with Crippen LogP contribution in [0.25, 0.3) is 5.57 Å². The van der Waals surface area contributed by atoms with Crippen molar-refractivity contribution in [3.05, 3.63) is 94.1 Å². The molecule has 1 aliphatic rings. The van der Waals surface area contributed by atoms with E-state index in [-0.39, 0.29) is 18.1 Å². The minimum Gasteiger partial charge on any atom is -0.497 e. The lowest BCUT2D eigenvalue weighted by atomic mass is 10.0. The van der Waals surface area contributed by atoms with Crippen LogP contribution in [0.5, 0.6) is 11.5 Å². The highest BCUT2D eigenvalue weighted by molar-refractivity contribution is 6.36. The summed E-state index contributed by atoms with van der Waals surface area (Å²) in [6, 6.07) is 19.7. The molecular formula is C26H23ClN2O4. The highest BCUT2D eigenvalue weighted by Crippen LogP contribution is 2.33. The monoisotopic (exact) mass is 462 g/mol. The molecule has 0 fully saturated rings. The van der Waals surface area contributed by atoms with Gasteiger partial charge in [0.15, 0.2) is 0 Å². The minimum absolute atomic E-state index is 0.140. The van der Waals surface area contributed by atoms with Gasteiger partial charge in [-0.1, -0.05) is 41.9 Å². The summed E-state index contributed by atoms with van der Waals surface area (Å²) in [6.45, 7) is 2.04. The first kappa shape index (κ1) is 22.4. The zero-order chi connectivity index (χ0) is 23.5. The fourth-order valence-electron chi connectivity index (χ4n) is 3.59. The van der Waals surface area contributed by atoms with Gasteiger partial charge in [-0.05, 0) is 60.0 Å². The second-order valence-electron chi connectivity index (χ2n) is 7.61. The molecule has 7 heteroatoms. The largest absolute Gasteiger partial charge is 0.497 e. The molecule has 0 atom stereocenters. The molecule has 1 N–H and O–H groups in total. The van der Waals surface area contributed by atoms with Crippen LogP contribution in [0.2, 0.25) is 5.02 Å². The topological polar surface area (TPSA) is 67.9 Å². The molecule has 0 saturated carbocycles.